The van der Waals surface area contributed by atoms with E-state index in [1.54, 1.807) is 12.1 Å². The van der Waals surface area contributed by atoms with Crippen LogP contribution in [0.5, 0.6) is 11.5 Å². The van der Waals surface area contributed by atoms with E-state index >= 15 is 0 Å². The maximum atomic E-state index is 10.8. The number of ether oxygens (including phenoxy) is 1. The van der Waals surface area contributed by atoms with Crippen LogP contribution in [-0.2, 0) is 0 Å². The lowest BCUT2D eigenvalue weighted by Gasteiger charge is -2.07. The molecule has 1 heterocycles. The van der Waals surface area contributed by atoms with Crippen molar-refractivity contribution in [1.82, 2.24) is 4.98 Å². The van der Waals surface area contributed by atoms with Crippen molar-refractivity contribution in [3.63, 3.8) is 0 Å². The molecule has 0 atom stereocenters. The summed E-state index contributed by atoms with van der Waals surface area (Å²) in [6, 6.07) is 23.6. The predicted molar refractivity (Wildman–Crippen MR) is 121 cm³/mol. The van der Waals surface area contributed by atoms with E-state index in [9.17, 15) is 10.1 Å². The van der Waals surface area contributed by atoms with Crippen molar-refractivity contribution < 1.29 is 9.66 Å². The maximum Gasteiger partial charge on any atom is 0.269 e. The third-order valence-corrected chi connectivity index (χ3v) is 4.72. The number of non-ortho nitro benzene ring substituents is 1. The largest absolute Gasteiger partial charge is 0.457 e. The van der Waals surface area contributed by atoms with Gasteiger partial charge in [-0.25, -0.2) is 4.98 Å². The second kappa shape index (κ2) is 9.31. The molecular formula is C21H16BrN3O3S. The number of nitro benzene ring substituents is 1. The summed E-state index contributed by atoms with van der Waals surface area (Å²) in [5.74, 6) is 1.54. The molecular weight excluding hydrogens is 454 g/mol. The first-order valence-electron chi connectivity index (χ1n) is 8.48. The van der Waals surface area contributed by atoms with Crippen molar-refractivity contribution in [2.24, 2.45) is 0 Å². The van der Waals surface area contributed by atoms with Gasteiger partial charge in [-0.15, -0.1) is 28.3 Å². The van der Waals surface area contributed by atoms with Gasteiger partial charge in [0.15, 0.2) is 5.13 Å². The minimum absolute atomic E-state index is 0. The monoisotopic (exact) mass is 469 g/mol. The summed E-state index contributed by atoms with van der Waals surface area (Å²) in [6.07, 6.45) is 0. The molecule has 4 rings (SSSR count). The number of aromatic nitrogens is 1. The van der Waals surface area contributed by atoms with E-state index in [2.05, 4.69) is 10.3 Å². The van der Waals surface area contributed by atoms with Crippen LogP contribution in [-0.4, -0.2) is 9.91 Å². The molecule has 0 saturated carbocycles. The minimum atomic E-state index is -0.414. The molecule has 1 N–H and O–H groups in total. The van der Waals surface area contributed by atoms with Crippen LogP contribution in [0.1, 0.15) is 0 Å². The van der Waals surface area contributed by atoms with Gasteiger partial charge in [0.2, 0.25) is 0 Å². The fourth-order valence-corrected chi connectivity index (χ4v) is 3.31. The number of anilines is 2. The fourth-order valence-electron chi connectivity index (χ4n) is 2.57. The number of halogens is 1. The van der Waals surface area contributed by atoms with E-state index in [4.69, 9.17) is 4.74 Å². The zero-order chi connectivity index (χ0) is 19.3. The van der Waals surface area contributed by atoms with Crippen LogP contribution >= 0.6 is 28.3 Å². The maximum absolute atomic E-state index is 10.8. The third kappa shape index (κ3) is 5.18. The molecule has 0 aliphatic carbocycles. The minimum Gasteiger partial charge on any atom is -0.457 e. The quantitative estimate of drug-likeness (QED) is 0.247. The van der Waals surface area contributed by atoms with Crippen LogP contribution in [0.4, 0.5) is 16.5 Å². The lowest BCUT2D eigenvalue weighted by molar-refractivity contribution is -0.384. The van der Waals surface area contributed by atoms with Crippen LogP contribution in [0, 0.1) is 10.1 Å². The van der Waals surface area contributed by atoms with E-state index < -0.39 is 4.92 Å². The SMILES string of the molecule is Br.O=[N+]([O-])c1ccc(-c2csc(Nc3ccc(Oc4ccccc4)cc3)n2)cc1. The highest BCUT2D eigenvalue weighted by atomic mass is 79.9. The Balaban J connectivity index is 0.00000240. The van der Waals surface area contributed by atoms with Crippen LogP contribution in [0.3, 0.4) is 0 Å². The first-order chi connectivity index (χ1) is 13.7. The standard InChI is InChI=1S/C21H15N3O3S.BrH/c25-24(26)17-10-6-15(7-11-17)20-14-28-21(23-20)22-16-8-12-19(13-9-16)27-18-4-2-1-3-5-18;/h1-14H,(H,22,23);1H. The Morgan fingerprint density at radius 1 is 0.897 bits per heavy atom. The highest BCUT2D eigenvalue weighted by Gasteiger charge is 2.08. The van der Waals surface area contributed by atoms with Gasteiger partial charge in [-0.05, 0) is 48.5 Å². The van der Waals surface area contributed by atoms with Gasteiger partial charge in [0, 0.05) is 28.8 Å². The summed E-state index contributed by atoms with van der Waals surface area (Å²) in [7, 11) is 0. The first-order valence-corrected chi connectivity index (χ1v) is 9.36. The predicted octanol–water partition coefficient (Wildman–Crippen LogP) is 6.83. The van der Waals surface area contributed by atoms with Crippen LogP contribution in [0.2, 0.25) is 0 Å². The number of nitrogens with one attached hydrogen (secondary N) is 1. The Morgan fingerprint density at radius 2 is 1.55 bits per heavy atom. The van der Waals surface area contributed by atoms with Crippen molar-refractivity contribution in [2.75, 3.05) is 5.32 Å². The second-order valence-corrected chi connectivity index (χ2v) is 6.76. The first kappa shape index (κ1) is 20.5. The van der Waals surface area contributed by atoms with Crippen molar-refractivity contribution in [1.29, 1.82) is 0 Å². The van der Waals surface area contributed by atoms with Crippen molar-refractivity contribution >= 4 is 44.8 Å². The van der Waals surface area contributed by atoms with E-state index in [0.717, 1.165) is 33.6 Å². The van der Waals surface area contributed by atoms with E-state index in [-0.39, 0.29) is 22.7 Å². The Kier molecular flexibility index (Phi) is 6.58. The molecule has 0 fully saturated rings. The van der Waals surface area contributed by atoms with Gasteiger partial charge in [-0.3, -0.25) is 10.1 Å². The summed E-state index contributed by atoms with van der Waals surface area (Å²) >= 11 is 1.47. The topological polar surface area (TPSA) is 77.3 Å². The Bertz CT molecular complexity index is 1080. The number of thiazole rings is 1. The highest BCUT2D eigenvalue weighted by Crippen LogP contribution is 2.29. The summed E-state index contributed by atoms with van der Waals surface area (Å²) in [5, 5.41) is 16.7. The average Bonchev–Trinajstić information content (AvgIpc) is 3.19. The van der Waals surface area contributed by atoms with Crippen LogP contribution in [0.25, 0.3) is 11.3 Å². The van der Waals surface area contributed by atoms with Gasteiger partial charge in [-0.1, -0.05) is 18.2 Å². The molecule has 3 aromatic carbocycles. The summed E-state index contributed by atoms with van der Waals surface area (Å²) < 4.78 is 5.78. The number of nitrogens with zero attached hydrogens (tertiary/aromatic N) is 2. The molecule has 0 spiro atoms. The lowest BCUT2D eigenvalue weighted by atomic mass is 10.1. The Morgan fingerprint density at radius 3 is 2.21 bits per heavy atom. The molecule has 8 heteroatoms. The molecule has 4 aromatic rings. The van der Waals surface area contributed by atoms with Gasteiger partial charge in [0.05, 0.1) is 10.6 Å². The highest BCUT2D eigenvalue weighted by molar-refractivity contribution is 8.93. The van der Waals surface area contributed by atoms with Crippen molar-refractivity contribution in [2.45, 2.75) is 0 Å². The van der Waals surface area contributed by atoms with E-state index in [1.807, 2.05) is 60.0 Å². The molecule has 6 nitrogen and oxygen atoms in total. The van der Waals surface area contributed by atoms with Gasteiger partial charge >= 0.3 is 0 Å². The number of para-hydroxylation sites is 1. The van der Waals surface area contributed by atoms with Gasteiger partial charge in [0.1, 0.15) is 11.5 Å². The number of nitro groups is 1. The number of hydrogen-bond acceptors (Lipinski definition) is 6. The van der Waals surface area contributed by atoms with Crippen LogP contribution < -0.4 is 10.1 Å². The molecule has 0 aliphatic rings. The summed E-state index contributed by atoms with van der Waals surface area (Å²) in [4.78, 5) is 14.9. The lowest BCUT2D eigenvalue weighted by Crippen LogP contribution is -1.90. The average molecular weight is 470 g/mol. The zero-order valence-corrected chi connectivity index (χ0v) is 17.5. The van der Waals surface area contributed by atoms with Crippen molar-refractivity contribution in [3.05, 3.63) is 94.4 Å². The van der Waals surface area contributed by atoms with Gasteiger partial charge < -0.3 is 10.1 Å². The van der Waals surface area contributed by atoms with Crippen molar-refractivity contribution in [3.8, 4) is 22.8 Å². The second-order valence-electron chi connectivity index (χ2n) is 5.91. The zero-order valence-electron chi connectivity index (χ0n) is 15.0. The number of rotatable bonds is 6. The Hall–Kier alpha value is -3.23. The molecule has 29 heavy (non-hydrogen) atoms. The van der Waals surface area contributed by atoms with E-state index in [1.165, 1.54) is 23.5 Å². The van der Waals surface area contributed by atoms with Gasteiger partial charge in [-0.2, -0.15) is 0 Å². The Labute approximate surface area is 181 Å². The fraction of sp³-hybridized carbons (Fsp3) is 0. The van der Waals surface area contributed by atoms with Gasteiger partial charge in [0.25, 0.3) is 5.69 Å². The number of benzene rings is 3. The normalized spacial score (nSPS) is 10.1. The summed E-state index contributed by atoms with van der Waals surface area (Å²) in [5.41, 5.74) is 2.56. The molecule has 0 saturated heterocycles. The summed E-state index contributed by atoms with van der Waals surface area (Å²) in [6.45, 7) is 0. The molecule has 1 aromatic heterocycles. The smallest absolute Gasteiger partial charge is 0.269 e. The van der Waals surface area contributed by atoms with Crippen LogP contribution in [0.15, 0.2) is 84.2 Å². The molecule has 146 valence electrons. The third-order valence-electron chi connectivity index (χ3n) is 3.96. The van der Waals surface area contributed by atoms with E-state index in [0.29, 0.717) is 0 Å². The molecule has 0 bridgehead atoms. The molecule has 0 amide bonds. The molecule has 0 radical (unpaired) electrons. The number of hydrogen-bond donors (Lipinski definition) is 1. The molecule has 0 unspecified atom stereocenters. The molecule has 0 aliphatic heterocycles.